The van der Waals surface area contributed by atoms with E-state index >= 15 is 0 Å². The molecule has 0 atom stereocenters. The fourth-order valence-electron chi connectivity index (χ4n) is 4.16. The first-order valence-electron chi connectivity index (χ1n) is 10.00. The lowest BCUT2D eigenvalue weighted by Crippen LogP contribution is -2.27. The first-order valence-corrected chi connectivity index (χ1v) is 10.4. The number of hydrogen-bond acceptors (Lipinski definition) is 1. The summed E-state index contributed by atoms with van der Waals surface area (Å²) in [4.78, 5) is 2.36. The molecule has 28 heavy (non-hydrogen) atoms. The third-order valence-electron chi connectivity index (χ3n) is 5.63. The van der Waals surface area contributed by atoms with Crippen molar-refractivity contribution < 1.29 is 4.39 Å². The Morgan fingerprint density at radius 3 is 2.71 bits per heavy atom. The molecule has 2 aromatic carbocycles. The number of fused-ring (bicyclic) bond motifs is 3. The van der Waals surface area contributed by atoms with Gasteiger partial charge in [-0.1, -0.05) is 43.2 Å². The molecule has 0 amide bonds. The van der Waals surface area contributed by atoms with E-state index in [0.717, 1.165) is 49.5 Å². The predicted molar refractivity (Wildman–Crippen MR) is 116 cm³/mol. The molecule has 3 aromatic rings. The van der Waals surface area contributed by atoms with Crippen molar-refractivity contribution in [3.05, 3.63) is 76.2 Å². The van der Waals surface area contributed by atoms with Crippen LogP contribution >= 0.6 is 11.6 Å². The van der Waals surface area contributed by atoms with Crippen molar-refractivity contribution in [2.24, 2.45) is 0 Å². The molecule has 146 valence electrons. The van der Waals surface area contributed by atoms with E-state index in [1.807, 2.05) is 18.2 Å². The summed E-state index contributed by atoms with van der Waals surface area (Å²) in [5.74, 6) is -0.194. The molecule has 2 nitrogen and oxygen atoms in total. The molecule has 0 bridgehead atoms. The Balaban J connectivity index is 1.82. The molecule has 1 aliphatic rings. The van der Waals surface area contributed by atoms with Crippen LogP contribution in [-0.2, 0) is 19.5 Å². The molecule has 1 aromatic heterocycles. The molecule has 0 saturated carbocycles. The maximum Gasteiger partial charge on any atom is 0.123 e. The summed E-state index contributed by atoms with van der Waals surface area (Å²) in [5, 5.41) is 2.03. The van der Waals surface area contributed by atoms with Crippen LogP contribution in [0.2, 0.25) is 5.02 Å². The van der Waals surface area contributed by atoms with Crippen LogP contribution in [0.15, 0.2) is 48.5 Å². The van der Waals surface area contributed by atoms with Crippen LogP contribution in [-0.4, -0.2) is 23.1 Å². The van der Waals surface area contributed by atoms with E-state index in [4.69, 9.17) is 11.6 Å². The monoisotopic (exact) mass is 396 g/mol. The SMILES string of the molecule is CCC/C=C(/Cn1c2c(c3cc(Cl)ccc31)CN(C)CC2)c1ccc(F)cc1. The van der Waals surface area contributed by atoms with Gasteiger partial charge in [0.25, 0.3) is 0 Å². The molecular weight excluding hydrogens is 371 g/mol. The smallest absolute Gasteiger partial charge is 0.123 e. The molecular formula is C24H26ClFN2. The lowest BCUT2D eigenvalue weighted by molar-refractivity contribution is 0.310. The Morgan fingerprint density at radius 2 is 1.96 bits per heavy atom. The van der Waals surface area contributed by atoms with Crippen molar-refractivity contribution in [3.8, 4) is 0 Å². The molecule has 0 unspecified atom stereocenters. The molecule has 0 fully saturated rings. The predicted octanol–water partition coefficient (Wildman–Crippen LogP) is 6.31. The highest BCUT2D eigenvalue weighted by Crippen LogP contribution is 2.34. The largest absolute Gasteiger partial charge is 0.340 e. The van der Waals surface area contributed by atoms with Crippen LogP contribution in [0.4, 0.5) is 4.39 Å². The average Bonchev–Trinajstić information content (AvgIpc) is 2.98. The van der Waals surface area contributed by atoms with Gasteiger partial charge in [-0.3, -0.25) is 0 Å². The van der Waals surface area contributed by atoms with E-state index in [1.165, 1.54) is 27.7 Å². The minimum absolute atomic E-state index is 0.194. The minimum atomic E-state index is -0.194. The lowest BCUT2D eigenvalue weighted by atomic mass is 10.0. The third-order valence-corrected chi connectivity index (χ3v) is 5.87. The van der Waals surface area contributed by atoms with Crippen molar-refractivity contribution in [1.82, 2.24) is 9.47 Å². The zero-order valence-electron chi connectivity index (χ0n) is 16.5. The van der Waals surface area contributed by atoms with Crippen molar-refractivity contribution in [1.29, 1.82) is 0 Å². The molecule has 4 heteroatoms. The van der Waals surface area contributed by atoms with Gasteiger partial charge in [-0.2, -0.15) is 0 Å². The fourth-order valence-corrected chi connectivity index (χ4v) is 4.34. The van der Waals surface area contributed by atoms with Gasteiger partial charge < -0.3 is 9.47 Å². The highest BCUT2D eigenvalue weighted by molar-refractivity contribution is 6.31. The number of likely N-dealkylation sites (N-methyl/N-ethyl adjacent to an activating group) is 1. The Hall–Kier alpha value is -2.10. The van der Waals surface area contributed by atoms with Crippen molar-refractivity contribution in [2.75, 3.05) is 13.6 Å². The number of halogens is 2. The average molecular weight is 397 g/mol. The van der Waals surface area contributed by atoms with Gasteiger partial charge in [0, 0.05) is 47.7 Å². The number of unbranched alkanes of at least 4 members (excludes halogenated alkanes) is 1. The summed E-state index contributed by atoms with van der Waals surface area (Å²) in [6, 6.07) is 13.1. The van der Waals surface area contributed by atoms with Gasteiger partial charge in [-0.15, -0.1) is 0 Å². The molecule has 4 rings (SSSR count). The van der Waals surface area contributed by atoms with E-state index in [2.05, 4.69) is 41.6 Å². The van der Waals surface area contributed by atoms with Gasteiger partial charge in [-0.25, -0.2) is 4.39 Å². The number of hydrogen-bond donors (Lipinski definition) is 0. The lowest BCUT2D eigenvalue weighted by Gasteiger charge is -2.24. The zero-order chi connectivity index (χ0) is 19.7. The number of aromatic nitrogens is 1. The standard InChI is InChI=1S/C24H26ClFN2/c1-3-4-5-18(17-6-9-20(26)10-7-17)15-28-23-11-8-19(25)14-21(23)22-16-27(2)13-12-24(22)28/h5-11,14H,3-4,12-13,15-16H2,1-2H3/b18-5-. The van der Waals surface area contributed by atoms with Crippen LogP contribution in [0.25, 0.3) is 16.5 Å². The summed E-state index contributed by atoms with van der Waals surface area (Å²) in [7, 11) is 2.17. The van der Waals surface area contributed by atoms with E-state index in [1.54, 1.807) is 12.1 Å². The van der Waals surface area contributed by atoms with Gasteiger partial charge in [0.1, 0.15) is 5.82 Å². The number of nitrogens with zero attached hydrogens (tertiary/aromatic N) is 2. The van der Waals surface area contributed by atoms with E-state index in [9.17, 15) is 4.39 Å². The fraction of sp³-hybridized carbons (Fsp3) is 0.333. The first kappa shape index (κ1) is 19.2. The molecule has 0 aliphatic carbocycles. The van der Waals surface area contributed by atoms with Crippen LogP contribution in [0.1, 0.15) is 36.6 Å². The Kier molecular flexibility index (Phi) is 5.56. The summed E-state index contributed by atoms with van der Waals surface area (Å²) < 4.78 is 15.9. The van der Waals surface area contributed by atoms with Crippen molar-refractivity contribution in [3.63, 3.8) is 0 Å². The normalized spacial score (nSPS) is 15.2. The van der Waals surface area contributed by atoms with Crippen molar-refractivity contribution in [2.45, 2.75) is 39.3 Å². The zero-order valence-corrected chi connectivity index (χ0v) is 17.3. The molecule has 2 heterocycles. The Morgan fingerprint density at radius 1 is 1.18 bits per heavy atom. The second kappa shape index (κ2) is 8.10. The van der Waals surface area contributed by atoms with Gasteiger partial charge in [0.15, 0.2) is 0 Å². The number of allylic oxidation sites excluding steroid dienone is 2. The highest BCUT2D eigenvalue weighted by atomic mass is 35.5. The van der Waals surface area contributed by atoms with Gasteiger partial charge in [0.05, 0.1) is 0 Å². The van der Waals surface area contributed by atoms with Crippen LogP contribution in [0.3, 0.4) is 0 Å². The van der Waals surface area contributed by atoms with Crippen molar-refractivity contribution >= 4 is 28.1 Å². The van der Waals surface area contributed by atoms with E-state index in [0.29, 0.717) is 0 Å². The first-order chi connectivity index (χ1) is 13.6. The highest BCUT2D eigenvalue weighted by Gasteiger charge is 2.23. The summed E-state index contributed by atoms with van der Waals surface area (Å²) in [6.45, 7) is 4.98. The third kappa shape index (κ3) is 3.74. The van der Waals surface area contributed by atoms with E-state index < -0.39 is 0 Å². The second-order valence-corrected chi connectivity index (χ2v) is 8.12. The maximum absolute atomic E-state index is 13.4. The van der Waals surface area contributed by atoms with Gasteiger partial charge in [-0.05, 0) is 60.5 Å². The molecule has 0 saturated heterocycles. The minimum Gasteiger partial charge on any atom is -0.340 e. The maximum atomic E-state index is 13.4. The summed E-state index contributed by atoms with van der Waals surface area (Å²) in [5.41, 5.74) is 6.36. The van der Waals surface area contributed by atoms with Crippen LogP contribution in [0, 0.1) is 5.82 Å². The van der Waals surface area contributed by atoms with Crippen LogP contribution < -0.4 is 0 Å². The Bertz CT molecular complexity index is 1020. The quantitative estimate of drug-likeness (QED) is 0.491. The van der Waals surface area contributed by atoms with Gasteiger partial charge in [0.2, 0.25) is 0 Å². The molecule has 1 aliphatic heterocycles. The number of benzene rings is 2. The van der Waals surface area contributed by atoms with Gasteiger partial charge >= 0.3 is 0 Å². The molecule has 0 radical (unpaired) electrons. The van der Waals surface area contributed by atoms with E-state index in [-0.39, 0.29) is 5.82 Å². The van der Waals surface area contributed by atoms with Crippen LogP contribution in [0.5, 0.6) is 0 Å². The Labute approximate surface area is 171 Å². The molecule has 0 N–H and O–H groups in total. The number of rotatable bonds is 5. The summed E-state index contributed by atoms with van der Waals surface area (Å²) in [6.07, 6.45) is 5.44. The molecule has 0 spiro atoms. The summed E-state index contributed by atoms with van der Waals surface area (Å²) >= 11 is 6.32. The second-order valence-electron chi connectivity index (χ2n) is 7.69. The topological polar surface area (TPSA) is 8.17 Å².